The van der Waals surface area contributed by atoms with Gasteiger partial charge in [-0.2, -0.15) is 0 Å². The largest absolute Gasteiger partial charge is 0.491 e. The van der Waals surface area contributed by atoms with Gasteiger partial charge in [-0.15, -0.1) is 0 Å². The number of carbonyl (C=O) groups is 1. The zero-order valence-electron chi connectivity index (χ0n) is 16.2. The van der Waals surface area contributed by atoms with Crippen molar-refractivity contribution in [2.75, 3.05) is 19.1 Å². The molecule has 0 saturated carbocycles. The van der Waals surface area contributed by atoms with Gasteiger partial charge in [0.05, 0.1) is 18.4 Å². The highest BCUT2D eigenvalue weighted by atomic mass is 19.3. The number of nitrogens with zero attached hydrogens (tertiary/aromatic N) is 1. The molecule has 0 aliphatic heterocycles. The summed E-state index contributed by atoms with van der Waals surface area (Å²) in [5.41, 5.74) is -0.0241. The number of benzene rings is 1. The molecule has 1 heterocycles. The predicted octanol–water partition coefficient (Wildman–Crippen LogP) is 1.76. The first-order valence-corrected chi connectivity index (χ1v) is 8.62. The topological polar surface area (TPSA) is 101 Å². The van der Waals surface area contributed by atoms with Crippen LogP contribution in [0.25, 0.3) is 0 Å². The molecule has 0 aliphatic carbocycles. The molecule has 1 atom stereocenters. The van der Waals surface area contributed by atoms with Crippen molar-refractivity contribution in [2.45, 2.75) is 26.4 Å². The predicted molar refractivity (Wildman–Crippen MR) is 101 cm³/mol. The average Bonchev–Trinajstić information content (AvgIpc) is 2.69. The fraction of sp³-hybridized carbons (Fsp3) is 0.333. The van der Waals surface area contributed by atoms with Gasteiger partial charge < -0.3 is 24.8 Å². The molecular weight excluding hydrogens is 411 g/mol. The second-order valence-electron chi connectivity index (χ2n) is 6.29. The summed E-state index contributed by atoms with van der Waals surface area (Å²) in [7, 11) is -0.938. The van der Waals surface area contributed by atoms with Crippen LogP contribution in [0.3, 0.4) is 0 Å². The van der Waals surface area contributed by atoms with E-state index in [4.69, 9.17) is 9.47 Å². The number of halogens is 4. The Balaban J connectivity index is 2.51. The summed E-state index contributed by atoms with van der Waals surface area (Å²) >= 11 is 0. The number of ether oxygens (including phenoxy) is 2. The second-order valence-corrected chi connectivity index (χ2v) is 6.29. The highest BCUT2D eigenvalue weighted by Gasteiger charge is 2.28. The molecule has 0 radical (unpaired) electrons. The summed E-state index contributed by atoms with van der Waals surface area (Å²) < 4.78 is 62.9. The molecule has 2 aromatic rings. The summed E-state index contributed by atoms with van der Waals surface area (Å²) in [5.74, 6) is -2.59. The van der Waals surface area contributed by atoms with E-state index in [1.807, 2.05) is 0 Å². The number of hydrogen-bond acceptors (Lipinski definition) is 6. The number of anilines is 1. The summed E-state index contributed by atoms with van der Waals surface area (Å²) in [6, 6.07) is 1.25. The third-order valence-corrected chi connectivity index (χ3v) is 4.23. The van der Waals surface area contributed by atoms with Gasteiger partial charge in [0.25, 0.3) is 12.3 Å². The molecule has 7 nitrogen and oxygen atoms in total. The van der Waals surface area contributed by atoms with Crippen molar-refractivity contribution in [1.82, 2.24) is 4.98 Å². The lowest BCUT2D eigenvalue weighted by atomic mass is 9.79. The molecule has 162 valence electrons. The Morgan fingerprint density at radius 2 is 1.97 bits per heavy atom. The molecule has 3 N–H and O–H groups in total. The second kappa shape index (κ2) is 9.76. The maximum absolute atomic E-state index is 14.2. The van der Waals surface area contributed by atoms with Crippen LogP contribution in [0.5, 0.6) is 11.6 Å². The lowest BCUT2D eigenvalue weighted by molar-refractivity contribution is -0.00154. The Kier molecular flexibility index (Phi) is 7.62. The standard InChI is InChI=1S/C18H19BF4N2O5/c1-8-7-24-18(29-3)9(2)15(8)25-17(26)10-4-12(21)11(19(27)28)5-13(10)30-14(6-20)16(22)23/h4-5,7,14,16,27-28H,6H2,1-3H3,(H,24,25,26). The Morgan fingerprint density at radius 1 is 1.30 bits per heavy atom. The average molecular weight is 430 g/mol. The lowest BCUT2D eigenvalue weighted by Gasteiger charge is -2.20. The first-order valence-electron chi connectivity index (χ1n) is 8.62. The van der Waals surface area contributed by atoms with Crippen molar-refractivity contribution in [3.05, 3.63) is 40.8 Å². The van der Waals surface area contributed by atoms with E-state index in [0.29, 0.717) is 23.3 Å². The van der Waals surface area contributed by atoms with Gasteiger partial charge in [-0.05, 0) is 31.5 Å². The Bertz CT molecular complexity index is 930. The van der Waals surface area contributed by atoms with Crippen LogP contribution in [0.2, 0.25) is 0 Å². The van der Waals surface area contributed by atoms with E-state index >= 15 is 0 Å². The minimum atomic E-state index is -3.24. The van der Waals surface area contributed by atoms with Crippen molar-refractivity contribution in [1.29, 1.82) is 0 Å². The van der Waals surface area contributed by atoms with Gasteiger partial charge in [0.2, 0.25) is 5.88 Å². The summed E-state index contributed by atoms with van der Waals surface area (Å²) in [5, 5.41) is 21.0. The minimum absolute atomic E-state index is 0.215. The molecule has 12 heteroatoms. The van der Waals surface area contributed by atoms with Crippen LogP contribution in [0.1, 0.15) is 21.5 Å². The number of aryl methyl sites for hydroxylation is 1. The van der Waals surface area contributed by atoms with E-state index in [0.717, 1.165) is 0 Å². The smallest absolute Gasteiger partial charge is 0.481 e. The Morgan fingerprint density at radius 3 is 2.50 bits per heavy atom. The number of hydrogen-bond donors (Lipinski definition) is 3. The normalized spacial score (nSPS) is 11.9. The van der Waals surface area contributed by atoms with Gasteiger partial charge in [-0.1, -0.05) is 0 Å². The summed E-state index contributed by atoms with van der Waals surface area (Å²) in [6.45, 7) is 1.65. The van der Waals surface area contributed by atoms with Crippen molar-refractivity contribution < 1.29 is 41.9 Å². The van der Waals surface area contributed by atoms with Crippen LogP contribution in [-0.2, 0) is 0 Å². The number of methoxy groups -OCH3 is 1. The van der Waals surface area contributed by atoms with Crippen LogP contribution in [0.15, 0.2) is 18.3 Å². The third kappa shape index (κ3) is 5.00. The molecule has 30 heavy (non-hydrogen) atoms. The fourth-order valence-electron chi connectivity index (χ4n) is 2.65. The molecule has 1 amide bonds. The van der Waals surface area contributed by atoms with Gasteiger partial charge >= 0.3 is 7.12 Å². The first-order chi connectivity index (χ1) is 14.1. The lowest BCUT2D eigenvalue weighted by Crippen LogP contribution is -2.35. The van der Waals surface area contributed by atoms with E-state index in [1.165, 1.54) is 13.3 Å². The van der Waals surface area contributed by atoms with Gasteiger partial charge in [-0.3, -0.25) is 4.79 Å². The molecule has 0 fully saturated rings. The first kappa shape index (κ1) is 23.4. The molecule has 0 spiro atoms. The van der Waals surface area contributed by atoms with E-state index in [-0.39, 0.29) is 11.6 Å². The highest BCUT2D eigenvalue weighted by Crippen LogP contribution is 2.29. The highest BCUT2D eigenvalue weighted by molar-refractivity contribution is 6.58. The van der Waals surface area contributed by atoms with Crippen molar-refractivity contribution >= 4 is 24.2 Å². The van der Waals surface area contributed by atoms with Gasteiger partial charge in [0.15, 0.2) is 6.10 Å². The maximum Gasteiger partial charge on any atom is 0.491 e. The van der Waals surface area contributed by atoms with Crippen LogP contribution in [0, 0.1) is 19.7 Å². The van der Waals surface area contributed by atoms with Gasteiger partial charge in [0, 0.05) is 17.2 Å². The SMILES string of the molecule is COc1ncc(C)c(NC(=O)c2cc(F)c(B(O)O)cc2OC(CF)C(F)F)c1C. The van der Waals surface area contributed by atoms with Crippen LogP contribution < -0.4 is 20.3 Å². The van der Waals surface area contributed by atoms with Gasteiger partial charge in [-0.25, -0.2) is 22.5 Å². The van der Waals surface area contributed by atoms with Gasteiger partial charge in [0.1, 0.15) is 18.2 Å². The number of amides is 1. The monoisotopic (exact) mass is 430 g/mol. The molecule has 0 bridgehead atoms. The molecule has 1 aromatic carbocycles. The zero-order chi connectivity index (χ0) is 22.6. The quantitative estimate of drug-likeness (QED) is 0.436. The maximum atomic E-state index is 14.2. The van der Waals surface area contributed by atoms with Crippen molar-refractivity contribution in [2.24, 2.45) is 0 Å². The number of aromatic nitrogens is 1. The Labute approximate surface area is 169 Å². The molecule has 1 unspecified atom stereocenters. The van der Waals surface area contributed by atoms with E-state index in [2.05, 4.69) is 10.3 Å². The number of nitrogens with one attached hydrogen (secondary N) is 1. The molecule has 2 rings (SSSR count). The molecule has 1 aromatic heterocycles. The van der Waals surface area contributed by atoms with E-state index in [9.17, 15) is 32.4 Å². The zero-order valence-corrected chi connectivity index (χ0v) is 16.2. The Hall–Kier alpha value is -2.86. The van der Waals surface area contributed by atoms with E-state index < -0.39 is 54.8 Å². The fourth-order valence-corrected chi connectivity index (χ4v) is 2.65. The summed E-state index contributed by atoms with van der Waals surface area (Å²) in [4.78, 5) is 16.8. The number of carbonyl (C=O) groups excluding carboxylic acids is 1. The molecule has 0 aliphatic rings. The number of pyridine rings is 1. The van der Waals surface area contributed by atoms with Crippen molar-refractivity contribution in [3.8, 4) is 11.6 Å². The third-order valence-electron chi connectivity index (χ3n) is 4.23. The van der Waals surface area contributed by atoms with Crippen LogP contribution >= 0.6 is 0 Å². The van der Waals surface area contributed by atoms with Crippen LogP contribution in [-0.4, -0.2) is 54.4 Å². The summed E-state index contributed by atoms with van der Waals surface area (Å²) in [6.07, 6.45) is -4.07. The van der Waals surface area contributed by atoms with Crippen molar-refractivity contribution in [3.63, 3.8) is 0 Å². The number of rotatable bonds is 8. The van der Waals surface area contributed by atoms with Crippen LogP contribution in [0.4, 0.5) is 23.2 Å². The molecule has 0 saturated heterocycles. The molecular formula is C18H19BF4N2O5. The number of alkyl halides is 3. The minimum Gasteiger partial charge on any atom is -0.481 e. The van der Waals surface area contributed by atoms with E-state index in [1.54, 1.807) is 13.8 Å².